The summed E-state index contributed by atoms with van der Waals surface area (Å²) in [6.45, 7) is 3.82. The molecule has 4 rings (SSSR count). The zero-order chi connectivity index (χ0) is 23.4. The maximum atomic E-state index is 12.8. The van der Waals surface area contributed by atoms with Gasteiger partial charge in [-0.15, -0.1) is 0 Å². The molecule has 0 saturated carbocycles. The number of hydrogen-bond acceptors (Lipinski definition) is 5. The van der Waals surface area contributed by atoms with Crippen molar-refractivity contribution in [2.24, 2.45) is 0 Å². The Kier molecular flexibility index (Phi) is 6.34. The number of aryl methyl sites for hydroxylation is 1. The number of aromatic nitrogens is 2. The Labute approximate surface area is 189 Å². The first kappa shape index (κ1) is 22.4. The van der Waals surface area contributed by atoms with E-state index in [2.05, 4.69) is 30.8 Å². The van der Waals surface area contributed by atoms with Gasteiger partial charge in [0.25, 0.3) is 0 Å². The van der Waals surface area contributed by atoms with E-state index in [1.54, 1.807) is 24.3 Å². The number of halogens is 3. The Morgan fingerprint density at radius 3 is 2.27 bits per heavy atom. The zero-order valence-corrected chi connectivity index (χ0v) is 17.9. The van der Waals surface area contributed by atoms with Crippen LogP contribution >= 0.6 is 0 Å². The van der Waals surface area contributed by atoms with E-state index in [1.807, 2.05) is 13.0 Å². The van der Waals surface area contributed by atoms with Crippen molar-refractivity contribution in [2.75, 3.05) is 33.9 Å². The lowest BCUT2D eigenvalue weighted by molar-refractivity contribution is -0.137. The van der Waals surface area contributed by atoms with Crippen molar-refractivity contribution in [3.05, 3.63) is 66.0 Å². The summed E-state index contributed by atoms with van der Waals surface area (Å²) in [6.07, 6.45) is -2.17. The quantitative estimate of drug-likeness (QED) is 0.453. The highest BCUT2D eigenvalue weighted by Crippen LogP contribution is 2.30. The molecule has 10 heteroatoms. The van der Waals surface area contributed by atoms with Gasteiger partial charge in [0.2, 0.25) is 0 Å². The second kappa shape index (κ2) is 9.35. The third-order valence-electron chi connectivity index (χ3n) is 5.12. The topological polar surface area (TPSA) is 82.2 Å². The van der Waals surface area contributed by atoms with Crippen LogP contribution < -0.4 is 20.9 Å². The SMILES string of the molecule is Cc1nc(Nc2ccc(NC(=O)Nc3cccc(C(F)(F)F)c3)cc2)cc(N2CCCC2)n1. The second-order valence-electron chi connectivity index (χ2n) is 7.71. The van der Waals surface area contributed by atoms with Gasteiger partial charge in [-0.2, -0.15) is 13.2 Å². The molecule has 0 atom stereocenters. The summed E-state index contributed by atoms with van der Waals surface area (Å²) in [5, 5.41) is 8.25. The highest BCUT2D eigenvalue weighted by atomic mass is 19.4. The normalized spacial score (nSPS) is 13.6. The fourth-order valence-electron chi connectivity index (χ4n) is 3.58. The van der Waals surface area contributed by atoms with Gasteiger partial charge in [0.05, 0.1) is 5.56 Å². The number of alkyl halides is 3. The number of amides is 2. The van der Waals surface area contributed by atoms with Crippen LogP contribution in [0.25, 0.3) is 0 Å². The molecule has 1 saturated heterocycles. The number of rotatable bonds is 5. The van der Waals surface area contributed by atoms with E-state index in [0.717, 1.165) is 49.6 Å². The van der Waals surface area contributed by atoms with Crippen molar-refractivity contribution in [2.45, 2.75) is 25.9 Å². The number of hydrogen-bond donors (Lipinski definition) is 3. The molecule has 33 heavy (non-hydrogen) atoms. The Balaban J connectivity index is 1.37. The lowest BCUT2D eigenvalue weighted by Crippen LogP contribution is -2.20. The summed E-state index contributed by atoms with van der Waals surface area (Å²) in [5.74, 6) is 2.24. The summed E-state index contributed by atoms with van der Waals surface area (Å²) in [5.41, 5.74) is 0.475. The van der Waals surface area contributed by atoms with E-state index < -0.39 is 17.8 Å². The van der Waals surface area contributed by atoms with Crippen LogP contribution in [0.4, 0.5) is 46.7 Å². The van der Waals surface area contributed by atoms with E-state index in [1.165, 1.54) is 12.1 Å². The molecule has 0 spiro atoms. The maximum absolute atomic E-state index is 12.8. The molecule has 0 aliphatic carbocycles. The van der Waals surface area contributed by atoms with Crippen LogP contribution in [0.2, 0.25) is 0 Å². The molecule has 1 fully saturated rings. The van der Waals surface area contributed by atoms with Crippen molar-refractivity contribution in [3.8, 4) is 0 Å². The number of nitrogens with one attached hydrogen (secondary N) is 3. The van der Waals surface area contributed by atoms with Gasteiger partial charge in [0.15, 0.2) is 0 Å². The lowest BCUT2D eigenvalue weighted by Gasteiger charge is -2.18. The first-order chi connectivity index (χ1) is 15.8. The van der Waals surface area contributed by atoms with Crippen LogP contribution in [0.3, 0.4) is 0 Å². The van der Waals surface area contributed by atoms with Crippen LogP contribution in [0.15, 0.2) is 54.6 Å². The predicted molar refractivity (Wildman–Crippen MR) is 122 cm³/mol. The van der Waals surface area contributed by atoms with Crippen LogP contribution in [-0.2, 0) is 6.18 Å². The molecule has 172 valence electrons. The van der Waals surface area contributed by atoms with Crippen LogP contribution in [-0.4, -0.2) is 29.1 Å². The molecule has 2 heterocycles. The largest absolute Gasteiger partial charge is 0.416 e. The summed E-state index contributed by atoms with van der Waals surface area (Å²) < 4.78 is 38.5. The molecular formula is C23H23F3N6O. The first-order valence-electron chi connectivity index (χ1n) is 10.5. The Hall–Kier alpha value is -3.82. The molecule has 2 aromatic carbocycles. The van der Waals surface area contributed by atoms with E-state index in [-0.39, 0.29) is 5.69 Å². The monoisotopic (exact) mass is 456 g/mol. The Bertz CT molecular complexity index is 1130. The van der Waals surface area contributed by atoms with Crippen molar-refractivity contribution in [1.82, 2.24) is 9.97 Å². The molecule has 1 aliphatic rings. The highest BCUT2D eigenvalue weighted by molar-refractivity contribution is 5.99. The van der Waals surface area contributed by atoms with Crippen LogP contribution in [0.5, 0.6) is 0 Å². The second-order valence-corrected chi connectivity index (χ2v) is 7.71. The molecule has 2 amide bonds. The summed E-state index contributed by atoms with van der Waals surface area (Å²) in [7, 11) is 0. The zero-order valence-electron chi connectivity index (χ0n) is 17.9. The standard InChI is InChI=1S/C23H23F3N6O/c1-15-27-20(14-21(28-15)32-11-2-3-12-32)29-17-7-9-18(10-8-17)30-22(33)31-19-6-4-5-16(13-19)23(24,25)26/h4-10,13-14H,2-3,11-12H2,1H3,(H,27,28,29)(H2,30,31,33). The van der Waals surface area contributed by atoms with E-state index >= 15 is 0 Å². The number of anilines is 5. The van der Waals surface area contributed by atoms with E-state index in [9.17, 15) is 18.0 Å². The van der Waals surface area contributed by atoms with Gasteiger partial charge in [-0.05, 0) is 62.2 Å². The van der Waals surface area contributed by atoms with Gasteiger partial charge >= 0.3 is 12.2 Å². The van der Waals surface area contributed by atoms with Crippen LogP contribution in [0.1, 0.15) is 24.2 Å². The average Bonchev–Trinajstić information content (AvgIpc) is 3.29. The van der Waals surface area contributed by atoms with Gasteiger partial charge in [0.1, 0.15) is 17.5 Å². The molecule has 3 aromatic rings. The fourth-order valence-corrected chi connectivity index (χ4v) is 3.58. The number of benzene rings is 2. The van der Waals surface area contributed by atoms with Gasteiger partial charge in [-0.1, -0.05) is 6.07 Å². The summed E-state index contributed by atoms with van der Waals surface area (Å²) in [6, 6.07) is 12.6. The first-order valence-corrected chi connectivity index (χ1v) is 10.5. The van der Waals surface area contributed by atoms with Crippen molar-refractivity contribution in [3.63, 3.8) is 0 Å². The van der Waals surface area contributed by atoms with Gasteiger partial charge in [-0.25, -0.2) is 14.8 Å². The fraction of sp³-hybridized carbons (Fsp3) is 0.261. The van der Waals surface area contributed by atoms with Gasteiger partial charge in [0, 0.05) is 36.2 Å². The Morgan fingerprint density at radius 2 is 1.58 bits per heavy atom. The minimum Gasteiger partial charge on any atom is -0.356 e. The molecule has 7 nitrogen and oxygen atoms in total. The number of nitrogens with zero attached hydrogens (tertiary/aromatic N) is 3. The summed E-state index contributed by atoms with van der Waals surface area (Å²) >= 11 is 0. The van der Waals surface area contributed by atoms with Gasteiger partial charge in [-0.3, -0.25) is 0 Å². The number of urea groups is 1. The minimum atomic E-state index is -4.48. The molecule has 0 unspecified atom stereocenters. The van der Waals surface area contributed by atoms with Crippen molar-refractivity contribution in [1.29, 1.82) is 0 Å². The molecule has 0 radical (unpaired) electrons. The van der Waals surface area contributed by atoms with Gasteiger partial charge < -0.3 is 20.9 Å². The predicted octanol–water partition coefficient (Wildman–Crippen LogP) is 5.79. The molecule has 0 bridgehead atoms. The number of carbonyl (C=O) groups is 1. The molecule has 1 aliphatic heterocycles. The average molecular weight is 456 g/mol. The van der Waals surface area contributed by atoms with E-state index in [0.29, 0.717) is 17.3 Å². The van der Waals surface area contributed by atoms with Crippen molar-refractivity contribution >= 4 is 34.7 Å². The molecule has 1 aromatic heterocycles. The smallest absolute Gasteiger partial charge is 0.356 e. The van der Waals surface area contributed by atoms with Crippen LogP contribution in [0, 0.1) is 6.92 Å². The number of carbonyl (C=O) groups excluding carboxylic acids is 1. The molecular weight excluding hydrogens is 433 g/mol. The molecule has 3 N–H and O–H groups in total. The summed E-state index contributed by atoms with van der Waals surface area (Å²) in [4.78, 5) is 23.4. The minimum absolute atomic E-state index is 0.0496. The third kappa shape index (κ3) is 5.91. The van der Waals surface area contributed by atoms with E-state index in [4.69, 9.17) is 0 Å². The third-order valence-corrected chi connectivity index (χ3v) is 5.12. The Morgan fingerprint density at radius 1 is 0.909 bits per heavy atom. The highest BCUT2D eigenvalue weighted by Gasteiger charge is 2.30. The maximum Gasteiger partial charge on any atom is 0.416 e. The lowest BCUT2D eigenvalue weighted by atomic mass is 10.2. The van der Waals surface area contributed by atoms with Crippen molar-refractivity contribution < 1.29 is 18.0 Å².